The number of carbonyl (C=O) groups excluding carboxylic acids is 2. The van der Waals surface area contributed by atoms with E-state index in [1.54, 1.807) is 4.90 Å². The summed E-state index contributed by atoms with van der Waals surface area (Å²) in [5.41, 5.74) is -0.483. The zero-order valence-corrected chi connectivity index (χ0v) is 14.9. The van der Waals surface area contributed by atoms with E-state index in [0.717, 1.165) is 6.42 Å². The van der Waals surface area contributed by atoms with Gasteiger partial charge in [-0.3, -0.25) is 0 Å². The number of rotatable bonds is 1. The Morgan fingerprint density at radius 2 is 1.57 bits per heavy atom. The highest BCUT2D eigenvalue weighted by Gasteiger charge is 2.29. The molecule has 0 spiro atoms. The Balaban J connectivity index is 1.77. The summed E-state index contributed by atoms with van der Waals surface area (Å²) in [6.07, 6.45) is 4.44. The van der Waals surface area contributed by atoms with E-state index in [4.69, 9.17) is 4.74 Å². The van der Waals surface area contributed by atoms with Crippen LogP contribution in [0, 0.1) is 5.92 Å². The first-order valence-corrected chi connectivity index (χ1v) is 8.79. The first kappa shape index (κ1) is 17.9. The van der Waals surface area contributed by atoms with Crippen molar-refractivity contribution in [3.05, 3.63) is 0 Å². The van der Waals surface area contributed by atoms with Gasteiger partial charge < -0.3 is 19.9 Å². The lowest BCUT2D eigenvalue weighted by Crippen LogP contribution is -2.56. The number of hydrogen-bond donors (Lipinski definition) is 1. The van der Waals surface area contributed by atoms with Crippen molar-refractivity contribution < 1.29 is 14.3 Å². The van der Waals surface area contributed by atoms with Gasteiger partial charge in [0.15, 0.2) is 0 Å². The number of piperazine rings is 1. The molecule has 6 heteroatoms. The normalized spacial score (nSPS) is 25.9. The highest BCUT2D eigenvalue weighted by atomic mass is 16.6. The van der Waals surface area contributed by atoms with Crippen LogP contribution in [-0.2, 0) is 4.74 Å². The van der Waals surface area contributed by atoms with Crippen molar-refractivity contribution in [2.75, 3.05) is 26.2 Å². The van der Waals surface area contributed by atoms with Gasteiger partial charge in [0, 0.05) is 32.2 Å². The Bertz CT molecular complexity index is 425. The number of ether oxygens (including phenoxy) is 1. The van der Waals surface area contributed by atoms with Crippen molar-refractivity contribution in [3.63, 3.8) is 0 Å². The number of amides is 3. The summed E-state index contributed by atoms with van der Waals surface area (Å²) >= 11 is 0. The minimum absolute atomic E-state index is 0.00703. The molecule has 0 radical (unpaired) electrons. The van der Waals surface area contributed by atoms with Crippen LogP contribution in [0.25, 0.3) is 0 Å². The molecule has 0 aromatic rings. The van der Waals surface area contributed by atoms with E-state index in [-0.39, 0.29) is 12.1 Å². The second kappa shape index (κ2) is 7.41. The van der Waals surface area contributed by atoms with E-state index in [1.807, 2.05) is 25.7 Å². The summed E-state index contributed by atoms with van der Waals surface area (Å²) in [6, 6.07) is 0.299. The summed E-state index contributed by atoms with van der Waals surface area (Å²) in [7, 11) is 0. The lowest BCUT2D eigenvalue weighted by molar-refractivity contribution is 0.0168. The van der Waals surface area contributed by atoms with Gasteiger partial charge in [-0.2, -0.15) is 0 Å². The summed E-state index contributed by atoms with van der Waals surface area (Å²) in [5, 5.41) is 3.17. The molecule has 1 aliphatic carbocycles. The molecule has 2 atom stereocenters. The molecular formula is C17H31N3O3. The van der Waals surface area contributed by atoms with Crippen molar-refractivity contribution in [1.82, 2.24) is 15.1 Å². The topological polar surface area (TPSA) is 61.9 Å². The Labute approximate surface area is 139 Å². The fourth-order valence-corrected chi connectivity index (χ4v) is 3.20. The smallest absolute Gasteiger partial charge is 0.410 e. The van der Waals surface area contributed by atoms with Crippen molar-refractivity contribution in [2.45, 2.75) is 65.0 Å². The maximum Gasteiger partial charge on any atom is 0.410 e. The third kappa shape index (κ3) is 5.29. The van der Waals surface area contributed by atoms with Crippen LogP contribution in [0.2, 0.25) is 0 Å². The molecule has 0 aromatic carbocycles. The standard InChI is InChI=1S/C17H31N3O3/c1-13-7-5-6-8-14(13)18-15(21)19-9-11-20(12-10-19)16(22)23-17(2,3)4/h13-14H,5-12H2,1-4H3,(H,18,21)/t13-,14-/m0/s1. The van der Waals surface area contributed by atoms with Crippen LogP contribution in [0.3, 0.4) is 0 Å². The first-order chi connectivity index (χ1) is 10.8. The van der Waals surface area contributed by atoms with Gasteiger partial charge in [0.1, 0.15) is 5.60 Å². The predicted octanol–water partition coefficient (Wildman–Crippen LogP) is 2.83. The molecule has 2 rings (SSSR count). The number of carbonyl (C=O) groups is 2. The zero-order valence-electron chi connectivity index (χ0n) is 14.9. The van der Waals surface area contributed by atoms with Gasteiger partial charge in [0.2, 0.25) is 0 Å². The minimum Gasteiger partial charge on any atom is -0.444 e. The minimum atomic E-state index is -0.483. The molecule has 0 unspecified atom stereocenters. The molecule has 2 aliphatic rings. The lowest BCUT2D eigenvalue weighted by Gasteiger charge is -2.37. The van der Waals surface area contributed by atoms with Gasteiger partial charge >= 0.3 is 12.1 Å². The molecule has 1 aliphatic heterocycles. The fraction of sp³-hybridized carbons (Fsp3) is 0.882. The second-order valence-electron chi connectivity index (χ2n) is 7.77. The van der Waals surface area contributed by atoms with Crippen molar-refractivity contribution in [1.29, 1.82) is 0 Å². The van der Waals surface area contributed by atoms with Gasteiger partial charge in [-0.05, 0) is 39.5 Å². The molecule has 0 bridgehead atoms. The molecule has 23 heavy (non-hydrogen) atoms. The number of urea groups is 1. The SMILES string of the molecule is C[C@H]1CCCC[C@@H]1NC(=O)N1CCN(C(=O)OC(C)(C)C)CC1. The molecular weight excluding hydrogens is 294 g/mol. The van der Waals surface area contributed by atoms with E-state index in [2.05, 4.69) is 12.2 Å². The number of hydrogen-bond acceptors (Lipinski definition) is 3. The predicted molar refractivity (Wildman–Crippen MR) is 89.3 cm³/mol. The zero-order chi connectivity index (χ0) is 17.0. The van der Waals surface area contributed by atoms with E-state index in [0.29, 0.717) is 38.1 Å². The molecule has 1 N–H and O–H groups in total. The Kier molecular flexibility index (Phi) is 5.76. The van der Waals surface area contributed by atoms with Gasteiger partial charge in [-0.1, -0.05) is 19.8 Å². The first-order valence-electron chi connectivity index (χ1n) is 8.79. The molecule has 1 saturated heterocycles. The van der Waals surface area contributed by atoms with E-state index >= 15 is 0 Å². The lowest BCUT2D eigenvalue weighted by atomic mass is 9.86. The van der Waals surface area contributed by atoms with Gasteiger partial charge in [0.25, 0.3) is 0 Å². The molecule has 132 valence electrons. The summed E-state index contributed by atoms with van der Waals surface area (Å²) in [4.78, 5) is 27.9. The summed E-state index contributed by atoms with van der Waals surface area (Å²) in [5.74, 6) is 0.552. The summed E-state index contributed by atoms with van der Waals surface area (Å²) < 4.78 is 5.38. The van der Waals surface area contributed by atoms with Crippen LogP contribution >= 0.6 is 0 Å². The van der Waals surface area contributed by atoms with Gasteiger partial charge in [0.05, 0.1) is 0 Å². The average Bonchev–Trinajstić information content (AvgIpc) is 2.48. The van der Waals surface area contributed by atoms with E-state index in [1.165, 1.54) is 19.3 Å². The van der Waals surface area contributed by atoms with Crippen LogP contribution < -0.4 is 5.32 Å². The quantitative estimate of drug-likeness (QED) is 0.806. The number of nitrogens with one attached hydrogen (secondary N) is 1. The maximum absolute atomic E-state index is 12.4. The van der Waals surface area contributed by atoms with Crippen LogP contribution in [0.1, 0.15) is 53.4 Å². The highest BCUT2D eigenvalue weighted by molar-refractivity contribution is 5.75. The molecule has 1 heterocycles. The van der Waals surface area contributed by atoms with Crippen LogP contribution in [0.5, 0.6) is 0 Å². The second-order valence-corrected chi connectivity index (χ2v) is 7.77. The molecule has 2 fully saturated rings. The molecule has 6 nitrogen and oxygen atoms in total. The Morgan fingerprint density at radius 3 is 2.13 bits per heavy atom. The Morgan fingerprint density at radius 1 is 1.00 bits per heavy atom. The van der Waals surface area contributed by atoms with E-state index in [9.17, 15) is 9.59 Å². The fourth-order valence-electron chi connectivity index (χ4n) is 3.20. The average molecular weight is 325 g/mol. The van der Waals surface area contributed by atoms with Crippen molar-refractivity contribution in [3.8, 4) is 0 Å². The van der Waals surface area contributed by atoms with Gasteiger partial charge in [-0.25, -0.2) is 9.59 Å². The van der Waals surface area contributed by atoms with Crippen molar-refractivity contribution in [2.24, 2.45) is 5.92 Å². The third-order valence-corrected chi connectivity index (χ3v) is 4.64. The van der Waals surface area contributed by atoms with Gasteiger partial charge in [-0.15, -0.1) is 0 Å². The monoisotopic (exact) mass is 325 g/mol. The van der Waals surface area contributed by atoms with E-state index < -0.39 is 5.60 Å². The summed E-state index contributed by atoms with van der Waals surface area (Å²) in [6.45, 7) is 9.98. The highest BCUT2D eigenvalue weighted by Crippen LogP contribution is 2.24. The third-order valence-electron chi connectivity index (χ3n) is 4.64. The van der Waals surface area contributed by atoms with Crippen LogP contribution in [0.15, 0.2) is 0 Å². The molecule has 1 saturated carbocycles. The van der Waals surface area contributed by atoms with Crippen LogP contribution in [0.4, 0.5) is 9.59 Å². The van der Waals surface area contributed by atoms with Crippen LogP contribution in [-0.4, -0.2) is 59.7 Å². The largest absolute Gasteiger partial charge is 0.444 e. The van der Waals surface area contributed by atoms with Crippen molar-refractivity contribution >= 4 is 12.1 Å². The molecule has 0 aromatic heterocycles. The maximum atomic E-state index is 12.4. The number of nitrogens with zero attached hydrogens (tertiary/aromatic N) is 2. The Hall–Kier alpha value is -1.46. The molecule has 3 amide bonds.